The Hall–Kier alpha value is -3.54. The van der Waals surface area contributed by atoms with Crippen LogP contribution in [0.2, 0.25) is 0 Å². The molecule has 26 heavy (non-hydrogen) atoms. The number of nitrogens with zero attached hydrogens (tertiary/aromatic N) is 5. The summed E-state index contributed by atoms with van der Waals surface area (Å²) >= 11 is 0. The predicted octanol–water partition coefficient (Wildman–Crippen LogP) is 3.24. The number of nitrogens with one attached hydrogen (secondary N) is 1. The number of hydrogen-bond donors (Lipinski definition) is 1. The molecule has 0 aliphatic heterocycles. The molecule has 2 aromatic heterocycles. The van der Waals surface area contributed by atoms with E-state index in [4.69, 9.17) is 0 Å². The Balaban J connectivity index is 1.79. The fourth-order valence-corrected chi connectivity index (χ4v) is 2.20. The van der Waals surface area contributed by atoms with Crippen molar-refractivity contribution >= 4 is 23.6 Å². The maximum Gasteiger partial charge on any atom is 0.174 e. The van der Waals surface area contributed by atoms with Crippen molar-refractivity contribution in [2.24, 2.45) is 10.1 Å². The molecule has 3 rings (SSSR count). The van der Waals surface area contributed by atoms with E-state index in [2.05, 4.69) is 30.4 Å². The molecule has 0 amide bonds. The van der Waals surface area contributed by atoms with Crippen LogP contribution in [0.25, 0.3) is 0 Å². The van der Waals surface area contributed by atoms with Crippen LogP contribution in [0, 0.1) is 0 Å². The van der Waals surface area contributed by atoms with E-state index < -0.39 is 0 Å². The Morgan fingerprint density at radius 3 is 2.27 bits per heavy atom. The van der Waals surface area contributed by atoms with Gasteiger partial charge in [-0.15, -0.1) is 0 Å². The van der Waals surface area contributed by atoms with Crippen molar-refractivity contribution in [3.8, 4) is 0 Å². The van der Waals surface area contributed by atoms with E-state index in [1.165, 1.54) is 0 Å². The molecule has 0 bridgehead atoms. The van der Waals surface area contributed by atoms with Crippen molar-refractivity contribution < 1.29 is 0 Å². The van der Waals surface area contributed by atoms with Gasteiger partial charge in [0.1, 0.15) is 5.69 Å². The minimum absolute atomic E-state index is 0.533. The van der Waals surface area contributed by atoms with E-state index in [0.717, 1.165) is 11.3 Å². The van der Waals surface area contributed by atoms with Gasteiger partial charge in [-0.2, -0.15) is 5.10 Å². The zero-order chi connectivity index (χ0) is 18.2. The van der Waals surface area contributed by atoms with Crippen molar-refractivity contribution in [3.63, 3.8) is 0 Å². The Bertz CT molecular complexity index is 871. The summed E-state index contributed by atoms with van der Waals surface area (Å²) in [4.78, 5) is 15.1. The van der Waals surface area contributed by atoms with Gasteiger partial charge in [-0.3, -0.25) is 10.4 Å². The summed E-state index contributed by atoms with van der Waals surface area (Å²) in [5.41, 5.74) is 5.80. The highest BCUT2D eigenvalue weighted by Gasteiger charge is 2.04. The largest absolute Gasteiger partial charge is 0.378 e. The van der Waals surface area contributed by atoms with Gasteiger partial charge in [-0.25, -0.2) is 9.98 Å². The second kappa shape index (κ2) is 8.53. The number of rotatable bonds is 5. The SMILES string of the molecule is CN(C)c1ccc(C=NNC(=Nc2ccccn2)c2ccccn2)cc1. The number of hydrogen-bond acceptors (Lipinski definition) is 5. The van der Waals surface area contributed by atoms with Crippen LogP contribution in [0.3, 0.4) is 0 Å². The van der Waals surface area contributed by atoms with Crippen LogP contribution >= 0.6 is 0 Å². The lowest BCUT2D eigenvalue weighted by molar-refractivity contribution is 1.01. The van der Waals surface area contributed by atoms with Gasteiger partial charge >= 0.3 is 0 Å². The first kappa shape index (κ1) is 17.3. The van der Waals surface area contributed by atoms with E-state index in [9.17, 15) is 0 Å². The fraction of sp³-hybridized carbons (Fsp3) is 0.100. The molecule has 0 fully saturated rings. The molecule has 1 aromatic carbocycles. The van der Waals surface area contributed by atoms with Crippen LogP contribution in [0.5, 0.6) is 0 Å². The van der Waals surface area contributed by atoms with Gasteiger partial charge in [-0.1, -0.05) is 24.3 Å². The third-order valence-corrected chi connectivity index (χ3v) is 3.58. The molecule has 0 spiro atoms. The highest BCUT2D eigenvalue weighted by atomic mass is 15.3. The highest BCUT2D eigenvalue weighted by Crippen LogP contribution is 2.11. The van der Waals surface area contributed by atoms with E-state index in [0.29, 0.717) is 17.3 Å². The molecular weight excluding hydrogens is 324 g/mol. The first-order valence-corrected chi connectivity index (χ1v) is 8.20. The van der Waals surface area contributed by atoms with Crippen molar-refractivity contribution in [3.05, 3.63) is 84.3 Å². The van der Waals surface area contributed by atoms with Gasteiger partial charge in [0.2, 0.25) is 0 Å². The predicted molar refractivity (Wildman–Crippen MR) is 106 cm³/mol. The van der Waals surface area contributed by atoms with Gasteiger partial charge in [0, 0.05) is 32.2 Å². The summed E-state index contributed by atoms with van der Waals surface area (Å²) in [7, 11) is 4.02. The van der Waals surface area contributed by atoms with Gasteiger partial charge in [0.25, 0.3) is 0 Å². The summed E-state index contributed by atoms with van der Waals surface area (Å²) in [5, 5.41) is 4.30. The van der Waals surface area contributed by atoms with Crippen molar-refractivity contribution in [1.29, 1.82) is 0 Å². The second-order valence-corrected chi connectivity index (χ2v) is 5.72. The third kappa shape index (κ3) is 4.73. The standard InChI is InChI=1S/C20H20N6/c1-26(2)17-11-9-16(10-12-17)15-23-25-20(18-7-3-5-13-21-18)24-19-8-4-6-14-22-19/h3-15H,1-2H3,(H,22,24,25). The average Bonchev–Trinajstić information content (AvgIpc) is 2.69. The van der Waals surface area contributed by atoms with Gasteiger partial charge in [0.05, 0.1) is 6.21 Å². The topological polar surface area (TPSA) is 65.8 Å². The van der Waals surface area contributed by atoms with Crippen LogP contribution in [-0.4, -0.2) is 36.1 Å². The lowest BCUT2D eigenvalue weighted by Crippen LogP contribution is -2.20. The smallest absolute Gasteiger partial charge is 0.174 e. The van der Waals surface area contributed by atoms with Crippen molar-refractivity contribution in [2.75, 3.05) is 19.0 Å². The van der Waals surface area contributed by atoms with Crippen LogP contribution in [0.1, 0.15) is 11.3 Å². The summed E-state index contributed by atoms with van der Waals surface area (Å²) < 4.78 is 0. The third-order valence-electron chi connectivity index (χ3n) is 3.58. The zero-order valence-electron chi connectivity index (χ0n) is 14.7. The number of aliphatic imine (C=N–C) groups is 1. The number of aromatic nitrogens is 2. The second-order valence-electron chi connectivity index (χ2n) is 5.72. The van der Waals surface area contributed by atoms with E-state index in [1.807, 2.05) is 74.8 Å². The molecule has 0 atom stereocenters. The monoisotopic (exact) mass is 344 g/mol. The van der Waals surface area contributed by atoms with Crippen LogP contribution in [0.4, 0.5) is 11.5 Å². The summed E-state index contributed by atoms with van der Waals surface area (Å²) in [5.74, 6) is 1.12. The zero-order valence-corrected chi connectivity index (χ0v) is 14.7. The Morgan fingerprint density at radius 2 is 1.65 bits per heavy atom. The van der Waals surface area contributed by atoms with Gasteiger partial charge in [-0.05, 0) is 42.0 Å². The lowest BCUT2D eigenvalue weighted by atomic mass is 10.2. The minimum atomic E-state index is 0.533. The number of amidine groups is 1. The molecule has 6 nitrogen and oxygen atoms in total. The van der Waals surface area contributed by atoms with Crippen LogP contribution < -0.4 is 10.3 Å². The van der Waals surface area contributed by atoms with Crippen molar-refractivity contribution in [2.45, 2.75) is 0 Å². The summed E-state index contributed by atoms with van der Waals surface area (Å²) in [6.45, 7) is 0. The van der Waals surface area contributed by atoms with Gasteiger partial charge < -0.3 is 4.90 Å². The Labute approximate surface area is 153 Å². The number of anilines is 1. The molecular formula is C20H20N6. The van der Waals surface area contributed by atoms with E-state index >= 15 is 0 Å². The van der Waals surface area contributed by atoms with Crippen LogP contribution in [0.15, 0.2) is 83.2 Å². The molecule has 0 aliphatic rings. The first-order valence-electron chi connectivity index (χ1n) is 8.20. The normalized spacial score (nSPS) is 11.5. The molecule has 130 valence electrons. The molecule has 0 aliphatic carbocycles. The maximum absolute atomic E-state index is 4.51. The van der Waals surface area contributed by atoms with Crippen molar-refractivity contribution in [1.82, 2.24) is 15.4 Å². The quantitative estimate of drug-likeness (QED) is 0.438. The molecule has 2 heterocycles. The Kier molecular flexibility index (Phi) is 5.67. The number of benzene rings is 1. The van der Waals surface area contributed by atoms with E-state index in [1.54, 1.807) is 18.6 Å². The molecule has 3 aromatic rings. The summed E-state index contributed by atoms with van der Waals surface area (Å²) in [6, 6.07) is 19.3. The molecule has 0 radical (unpaired) electrons. The van der Waals surface area contributed by atoms with E-state index in [-0.39, 0.29) is 0 Å². The number of pyridine rings is 2. The first-order chi connectivity index (χ1) is 12.7. The number of hydrazone groups is 1. The average molecular weight is 344 g/mol. The lowest BCUT2D eigenvalue weighted by Gasteiger charge is -2.11. The molecule has 0 unspecified atom stereocenters. The van der Waals surface area contributed by atoms with Crippen LogP contribution in [-0.2, 0) is 0 Å². The maximum atomic E-state index is 4.51. The van der Waals surface area contributed by atoms with Gasteiger partial charge in [0.15, 0.2) is 11.7 Å². The molecule has 6 heteroatoms. The molecule has 0 saturated heterocycles. The fourth-order valence-electron chi connectivity index (χ4n) is 2.20. The molecule has 0 saturated carbocycles. The molecule has 1 N–H and O–H groups in total. The summed E-state index contributed by atoms with van der Waals surface area (Å²) in [6.07, 6.45) is 5.16. The highest BCUT2D eigenvalue weighted by molar-refractivity contribution is 5.98. The minimum Gasteiger partial charge on any atom is -0.378 e. The Morgan fingerprint density at radius 1 is 0.923 bits per heavy atom.